The Morgan fingerprint density at radius 1 is 1.58 bits per heavy atom. The van der Waals surface area contributed by atoms with Crippen LogP contribution in [-0.2, 0) is 11.2 Å². The van der Waals surface area contributed by atoms with Gasteiger partial charge in [0.05, 0.1) is 5.69 Å². The number of amides is 1. The number of H-pyrrole nitrogens is 1. The van der Waals surface area contributed by atoms with Gasteiger partial charge in [-0.05, 0) is 18.9 Å². The van der Waals surface area contributed by atoms with Gasteiger partial charge in [-0.1, -0.05) is 5.21 Å². The Balaban J connectivity index is 2.41. The van der Waals surface area contributed by atoms with E-state index in [2.05, 4.69) is 15.4 Å². The molecule has 5 heteroatoms. The van der Waals surface area contributed by atoms with Crippen molar-refractivity contribution in [1.29, 1.82) is 0 Å². The molecule has 1 aromatic rings. The Morgan fingerprint density at radius 3 is 3.17 bits per heavy atom. The van der Waals surface area contributed by atoms with Gasteiger partial charge in [0.2, 0.25) is 5.91 Å². The maximum absolute atomic E-state index is 10.8. The van der Waals surface area contributed by atoms with Crippen LogP contribution in [0.4, 0.5) is 0 Å². The number of carbonyl (C=O) groups is 1. The highest BCUT2D eigenvalue weighted by molar-refractivity contribution is 5.97. The van der Waals surface area contributed by atoms with Gasteiger partial charge in [0.1, 0.15) is 5.69 Å². The summed E-state index contributed by atoms with van der Waals surface area (Å²) in [5.41, 5.74) is 7.45. The van der Waals surface area contributed by atoms with Crippen molar-refractivity contribution in [1.82, 2.24) is 15.4 Å². The van der Waals surface area contributed by atoms with Crippen LogP contribution in [0.15, 0.2) is 5.57 Å². The van der Waals surface area contributed by atoms with Crippen LogP contribution in [0.25, 0.3) is 6.08 Å². The molecule has 2 rings (SSSR count). The van der Waals surface area contributed by atoms with Crippen LogP contribution < -0.4 is 5.73 Å². The predicted molar refractivity (Wildman–Crippen MR) is 41.9 cm³/mol. The van der Waals surface area contributed by atoms with Crippen molar-refractivity contribution in [3.63, 3.8) is 0 Å². The first-order valence-electron chi connectivity index (χ1n) is 3.67. The number of aromatic nitrogens is 3. The SMILES string of the molecule is NC(=O)C1=Cc2nn[nH]c2CC1. The van der Waals surface area contributed by atoms with Crippen LogP contribution in [0.5, 0.6) is 0 Å². The van der Waals surface area contributed by atoms with Crippen LogP contribution in [0.3, 0.4) is 0 Å². The normalized spacial score (nSPS) is 15.2. The lowest BCUT2D eigenvalue weighted by atomic mass is 10.00. The van der Waals surface area contributed by atoms with E-state index >= 15 is 0 Å². The molecule has 0 spiro atoms. The van der Waals surface area contributed by atoms with E-state index in [0.29, 0.717) is 12.0 Å². The van der Waals surface area contributed by atoms with E-state index in [1.165, 1.54) is 0 Å². The molecular weight excluding hydrogens is 156 g/mol. The highest BCUT2D eigenvalue weighted by Crippen LogP contribution is 2.19. The van der Waals surface area contributed by atoms with Crippen LogP contribution in [0.2, 0.25) is 0 Å². The number of carbonyl (C=O) groups excluding carboxylic acids is 1. The lowest BCUT2D eigenvalue weighted by Gasteiger charge is -2.07. The molecule has 0 saturated carbocycles. The fraction of sp³-hybridized carbons (Fsp3) is 0.286. The van der Waals surface area contributed by atoms with Crippen molar-refractivity contribution in [2.45, 2.75) is 12.8 Å². The summed E-state index contributed by atoms with van der Waals surface area (Å²) in [4.78, 5) is 10.8. The van der Waals surface area contributed by atoms with Gasteiger partial charge in [-0.15, -0.1) is 5.10 Å². The molecule has 5 nitrogen and oxygen atoms in total. The molecule has 0 atom stereocenters. The Kier molecular flexibility index (Phi) is 1.43. The molecule has 1 aliphatic rings. The maximum atomic E-state index is 10.8. The van der Waals surface area contributed by atoms with Gasteiger partial charge in [0.15, 0.2) is 0 Å². The Hall–Kier alpha value is -1.65. The van der Waals surface area contributed by atoms with Crippen molar-refractivity contribution in [2.75, 3.05) is 0 Å². The van der Waals surface area contributed by atoms with Crippen molar-refractivity contribution in [3.8, 4) is 0 Å². The first-order valence-corrected chi connectivity index (χ1v) is 3.67. The fourth-order valence-corrected chi connectivity index (χ4v) is 1.25. The van der Waals surface area contributed by atoms with Gasteiger partial charge < -0.3 is 5.73 Å². The molecule has 1 heterocycles. The smallest absolute Gasteiger partial charge is 0.244 e. The number of nitrogens with one attached hydrogen (secondary N) is 1. The molecule has 3 N–H and O–H groups in total. The zero-order chi connectivity index (χ0) is 8.55. The summed E-state index contributed by atoms with van der Waals surface area (Å²) in [6, 6.07) is 0. The maximum Gasteiger partial charge on any atom is 0.244 e. The van der Waals surface area contributed by atoms with E-state index in [0.717, 1.165) is 17.8 Å². The molecule has 0 fully saturated rings. The standard InChI is InChI=1S/C7H8N4O/c8-7(12)4-1-2-5-6(3-4)10-11-9-5/h3H,1-2H2,(H2,8,12)(H,9,10,11). The zero-order valence-electron chi connectivity index (χ0n) is 6.37. The van der Waals surface area contributed by atoms with E-state index in [9.17, 15) is 4.79 Å². The number of aryl methyl sites for hydroxylation is 1. The number of nitrogens with zero attached hydrogens (tertiary/aromatic N) is 2. The third kappa shape index (κ3) is 0.990. The van der Waals surface area contributed by atoms with Gasteiger partial charge in [0.25, 0.3) is 0 Å². The molecule has 1 amide bonds. The summed E-state index contributed by atoms with van der Waals surface area (Å²) in [5.74, 6) is -0.372. The number of fused-ring (bicyclic) bond motifs is 1. The van der Waals surface area contributed by atoms with E-state index in [-0.39, 0.29) is 5.91 Å². The second-order valence-corrected chi connectivity index (χ2v) is 2.71. The largest absolute Gasteiger partial charge is 0.366 e. The van der Waals surface area contributed by atoms with Gasteiger partial charge in [-0.25, -0.2) is 0 Å². The van der Waals surface area contributed by atoms with Crippen LogP contribution in [0.1, 0.15) is 17.8 Å². The van der Waals surface area contributed by atoms with Crippen LogP contribution in [0, 0.1) is 0 Å². The molecule has 62 valence electrons. The van der Waals surface area contributed by atoms with Crippen LogP contribution >= 0.6 is 0 Å². The lowest BCUT2D eigenvalue weighted by Crippen LogP contribution is -2.16. The fourth-order valence-electron chi connectivity index (χ4n) is 1.25. The number of aromatic amines is 1. The van der Waals surface area contributed by atoms with Crippen LogP contribution in [-0.4, -0.2) is 21.3 Å². The van der Waals surface area contributed by atoms with Gasteiger partial charge in [-0.2, -0.15) is 0 Å². The number of nitrogens with two attached hydrogens (primary N) is 1. The number of hydrogen-bond acceptors (Lipinski definition) is 3. The third-order valence-corrected chi connectivity index (χ3v) is 1.92. The monoisotopic (exact) mass is 164 g/mol. The molecule has 0 radical (unpaired) electrons. The minimum atomic E-state index is -0.372. The van der Waals surface area contributed by atoms with Gasteiger partial charge in [-0.3, -0.25) is 9.89 Å². The molecule has 0 aromatic carbocycles. The van der Waals surface area contributed by atoms with Gasteiger partial charge in [0, 0.05) is 5.57 Å². The highest BCUT2D eigenvalue weighted by Gasteiger charge is 2.15. The summed E-state index contributed by atoms with van der Waals surface area (Å²) in [5, 5.41) is 10.2. The Bertz CT molecular complexity index is 352. The van der Waals surface area contributed by atoms with Crippen molar-refractivity contribution < 1.29 is 4.79 Å². The minimum absolute atomic E-state index is 0.372. The molecule has 0 bridgehead atoms. The van der Waals surface area contributed by atoms with E-state index in [4.69, 9.17) is 5.73 Å². The average molecular weight is 164 g/mol. The Labute approximate surface area is 68.6 Å². The molecule has 0 unspecified atom stereocenters. The number of rotatable bonds is 1. The van der Waals surface area contributed by atoms with E-state index < -0.39 is 0 Å². The number of primary amides is 1. The van der Waals surface area contributed by atoms with Crippen molar-refractivity contribution in [2.24, 2.45) is 5.73 Å². The predicted octanol–water partition coefficient (Wildman–Crippen LogP) is -0.380. The topological polar surface area (TPSA) is 84.7 Å². The summed E-state index contributed by atoms with van der Waals surface area (Å²) in [6.45, 7) is 0. The quantitative estimate of drug-likeness (QED) is 0.593. The molecule has 1 aromatic heterocycles. The second kappa shape index (κ2) is 2.44. The first kappa shape index (κ1) is 7.02. The average Bonchev–Trinajstić information content (AvgIpc) is 2.49. The molecule has 0 aliphatic heterocycles. The summed E-state index contributed by atoms with van der Waals surface area (Å²) in [7, 11) is 0. The molecule has 0 saturated heterocycles. The van der Waals surface area contributed by atoms with Crippen molar-refractivity contribution >= 4 is 12.0 Å². The lowest BCUT2D eigenvalue weighted by molar-refractivity contribution is -0.114. The number of hydrogen-bond donors (Lipinski definition) is 2. The summed E-state index contributed by atoms with van der Waals surface area (Å²) in [6.07, 6.45) is 3.12. The summed E-state index contributed by atoms with van der Waals surface area (Å²) < 4.78 is 0. The minimum Gasteiger partial charge on any atom is -0.366 e. The van der Waals surface area contributed by atoms with Crippen molar-refractivity contribution in [3.05, 3.63) is 17.0 Å². The first-order chi connectivity index (χ1) is 5.77. The zero-order valence-corrected chi connectivity index (χ0v) is 6.37. The third-order valence-electron chi connectivity index (χ3n) is 1.92. The van der Waals surface area contributed by atoms with E-state index in [1.54, 1.807) is 6.08 Å². The second-order valence-electron chi connectivity index (χ2n) is 2.71. The molecule has 12 heavy (non-hydrogen) atoms. The molecular formula is C7H8N4O. The van der Waals surface area contributed by atoms with Gasteiger partial charge >= 0.3 is 0 Å². The van der Waals surface area contributed by atoms with E-state index in [1.807, 2.05) is 0 Å². The summed E-state index contributed by atoms with van der Waals surface area (Å²) >= 11 is 0. The Morgan fingerprint density at radius 2 is 2.42 bits per heavy atom. The highest BCUT2D eigenvalue weighted by atomic mass is 16.1. The molecule has 1 aliphatic carbocycles.